The van der Waals surface area contributed by atoms with Crippen molar-refractivity contribution in [3.05, 3.63) is 24.3 Å². The number of rotatable bonds is 4. The van der Waals surface area contributed by atoms with Crippen LogP contribution in [0.5, 0.6) is 11.5 Å². The molecule has 21 heavy (non-hydrogen) atoms. The Morgan fingerprint density at radius 2 is 2.00 bits per heavy atom. The molecule has 1 atom stereocenters. The van der Waals surface area contributed by atoms with Gasteiger partial charge in [-0.2, -0.15) is 0 Å². The van der Waals surface area contributed by atoms with Crippen LogP contribution in [0.15, 0.2) is 24.3 Å². The average molecular weight is 293 g/mol. The Labute approximate surface area is 123 Å². The molecule has 0 saturated carbocycles. The van der Waals surface area contributed by atoms with Crippen molar-refractivity contribution in [3.63, 3.8) is 0 Å². The minimum atomic E-state index is -0.690. The van der Waals surface area contributed by atoms with Crippen molar-refractivity contribution in [3.8, 4) is 11.5 Å². The fraction of sp³-hybridized carbons (Fsp3) is 0.533. The van der Waals surface area contributed by atoms with Gasteiger partial charge in [0.1, 0.15) is 13.2 Å². The third-order valence-corrected chi connectivity index (χ3v) is 3.53. The number of hydrogen-bond donors (Lipinski definition) is 0. The number of morpholine rings is 1. The molecule has 0 radical (unpaired) electrons. The molecule has 2 heterocycles. The lowest BCUT2D eigenvalue weighted by atomic mass is 10.2. The zero-order valence-corrected chi connectivity index (χ0v) is 11.8. The number of nitrogens with zero attached hydrogens (tertiary/aromatic N) is 1. The van der Waals surface area contributed by atoms with Crippen LogP contribution in [0, 0.1) is 0 Å². The van der Waals surface area contributed by atoms with Crippen LogP contribution in [-0.4, -0.2) is 63.0 Å². The molecule has 1 saturated heterocycles. The van der Waals surface area contributed by atoms with E-state index in [0.29, 0.717) is 18.1 Å². The van der Waals surface area contributed by atoms with Crippen molar-refractivity contribution in [2.45, 2.75) is 6.10 Å². The molecule has 1 aromatic rings. The van der Waals surface area contributed by atoms with E-state index in [2.05, 4.69) is 4.90 Å². The van der Waals surface area contributed by atoms with Crippen molar-refractivity contribution < 1.29 is 23.7 Å². The van der Waals surface area contributed by atoms with Crippen LogP contribution in [0.1, 0.15) is 0 Å². The number of benzene rings is 1. The summed E-state index contributed by atoms with van der Waals surface area (Å²) in [5, 5.41) is 0. The summed E-state index contributed by atoms with van der Waals surface area (Å²) in [5.74, 6) is 0.867. The average Bonchev–Trinajstić information content (AvgIpc) is 2.55. The van der Waals surface area contributed by atoms with E-state index in [1.165, 1.54) is 0 Å². The first-order chi connectivity index (χ1) is 10.3. The van der Waals surface area contributed by atoms with Gasteiger partial charge < -0.3 is 18.9 Å². The predicted molar refractivity (Wildman–Crippen MR) is 74.6 cm³/mol. The van der Waals surface area contributed by atoms with E-state index < -0.39 is 6.10 Å². The molecule has 0 unspecified atom stereocenters. The van der Waals surface area contributed by atoms with Crippen molar-refractivity contribution >= 4 is 5.97 Å². The molecule has 6 heteroatoms. The Balaban J connectivity index is 1.44. The smallest absolute Gasteiger partial charge is 0.351 e. The first-order valence-corrected chi connectivity index (χ1v) is 7.18. The van der Waals surface area contributed by atoms with Crippen LogP contribution in [0.4, 0.5) is 0 Å². The van der Waals surface area contributed by atoms with E-state index in [4.69, 9.17) is 18.9 Å². The summed E-state index contributed by atoms with van der Waals surface area (Å²) in [6, 6.07) is 7.30. The van der Waals surface area contributed by atoms with Crippen LogP contribution in [0.25, 0.3) is 0 Å². The third kappa shape index (κ3) is 3.65. The Hall–Kier alpha value is -1.79. The summed E-state index contributed by atoms with van der Waals surface area (Å²) in [7, 11) is 0. The summed E-state index contributed by atoms with van der Waals surface area (Å²) < 4.78 is 21.6. The summed E-state index contributed by atoms with van der Waals surface area (Å²) in [6.45, 7) is 4.52. The maximum atomic E-state index is 12.0. The zero-order valence-electron chi connectivity index (χ0n) is 11.8. The lowest BCUT2D eigenvalue weighted by Crippen LogP contribution is -2.41. The van der Waals surface area contributed by atoms with Crippen LogP contribution < -0.4 is 9.47 Å². The topological polar surface area (TPSA) is 57.2 Å². The highest BCUT2D eigenvalue weighted by atomic mass is 16.6. The van der Waals surface area contributed by atoms with Crippen LogP contribution in [0.2, 0.25) is 0 Å². The maximum absolute atomic E-state index is 12.0. The van der Waals surface area contributed by atoms with Crippen molar-refractivity contribution in [1.29, 1.82) is 0 Å². The second-order valence-electron chi connectivity index (χ2n) is 4.99. The lowest BCUT2D eigenvalue weighted by Gasteiger charge is -2.27. The molecule has 1 aromatic carbocycles. The summed E-state index contributed by atoms with van der Waals surface area (Å²) in [6.07, 6.45) is -0.690. The van der Waals surface area contributed by atoms with Gasteiger partial charge in [-0.15, -0.1) is 0 Å². The Morgan fingerprint density at radius 1 is 1.24 bits per heavy atom. The third-order valence-electron chi connectivity index (χ3n) is 3.53. The molecule has 0 amide bonds. The molecule has 0 bridgehead atoms. The number of para-hydroxylation sites is 2. The molecule has 3 rings (SSSR count). The van der Waals surface area contributed by atoms with Gasteiger partial charge in [-0.25, -0.2) is 4.79 Å². The predicted octanol–water partition coefficient (Wildman–Crippen LogP) is 0.702. The second-order valence-corrected chi connectivity index (χ2v) is 4.99. The lowest BCUT2D eigenvalue weighted by molar-refractivity contribution is -0.155. The van der Waals surface area contributed by atoms with Gasteiger partial charge in [0, 0.05) is 19.6 Å². The highest BCUT2D eigenvalue weighted by Crippen LogP contribution is 2.31. The molecule has 0 N–H and O–H groups in total. The zero-order chi connectivity index (χ0) is 14.5. The number of carbonyl (C=O) groups is 1. The maximum Gasteiger partial charge on any atom is 0.351 e. The van der Waals surface area contributed by atoms with E-state index in [0.717, 1.165) is 32.8 Å². The molecule has 0 aromatic heterocycles. The first-order valence-electron chi connectivity index (χ1n) is 7.18. The SMILES string of the molecule is O=C(OCCN1CCOCC1)[C@@H]1COc2ccccc2O1. The van der Waals surface area contributed by atoms with E-state index in [1.807, 2.05) is 18.2 Å². The fourth-order valence-electron chi connectivity index (χ4n) is 2.33. The van der Waals surface area contributed by atoms with E-state index in [1.54, 1.807) is 6.07 Å². The molecular weight excluding hydrogens is 274 g/mol. The highest BCUT2D eigenvalue weighted by Gasteiger charge is 2.28. The van der Waals surface area contributed by atoms with Gasteiger partial charge in [0.15, 0.2) is 11.5 Å². The van der Waals surface area contributed by atoms with Gasteiger partial charge in [-0.3, -0.25) is 4.90 Å². The van der Waals surface area contributed by atoms with Gasteiger partial charge in [0.25, 0.3) is 0 Å². The standard InChI is InChI=1S/C15H19NO5/c17-15(19-10-7-16-5-8-18-9-6-16)14-11-20-12-3-1-2-4-13(12)21-14/h1-4,14H,5-11H2/t14-/m0/s1. The van der Waals surface area contributed by atoms with Gasteiger partial charge in [0.05, 0.1) is 13.2 Å². The minimum absolute atomic E-state index is 0.188. The number of esters is 1. The van der Waals surface area contributed by atoms with E-state index in [-0.39, 0.29) is 12.6 Å². The Bertz CT molecular complexity index is 487. The Morgan fingerprint density at radius 3 is 2.81 bits per heavy atom. The normalized spacial score (nSPS) is 21.8. The van der Waals surface area contributed by atoms with E-state index >= 15 is 0 Å². The molecular formula is C15H19NO5. The highest BCUT2D eigenvalue weighted by molar-refractivity contribution is 5.76. The minimum Gasteiger partial charge on any atom is -0.485 e. The van der Waals surface area contributed by atoms with Crippen molar-refractivity contribution in [1.82, 2.24) is 4.90 Å². The van der Waals surface area contributed by atoms with Gasteiger partial charge in [0.2, 0.25) is 6.10 Å². The molecule has 2 aliphatic heterocycles. The summed E-state index contributed by atoms with van der Waals surface area (Å²) >= 11 is 0. The monoisotopic (exact) mass is 293 g/mol. The van der Waals surface area contributed by atoms with Gasteiger partial charge >= 0.3 is 5.97 Å². The number of carbonyl (C=O) groups excluding carboxylic acids is 1. The Kier molecular flexibility index (Phi) is 4.57. The van der Waals surface area contributed by atoms with E-state index in [9.17, 15) is 4.79 Å². The molecule has 1 fully saturated rings. The van der Waals surface area contributed by atoms with Crippen molar-refractivity contribution in [2.24, 2.45) is 0 Å². The number of ether oxygens (including phenoxy) is 4. The summed E-state index contributed by atoms with van der Waals surface area (Å²) in [4.78, 5) is 14.2. The van der Waals surface area contributed by atoms with Gasteiger partial charge in [-0.05, 0) is 12.1 Å². The molecule has 6 nitrogen and oxygen atoms in total. The molecule has 0 spiro atoms. The van der Waals surface area contributed by atoms with Crippen LogP contribution in [0.3, 0.4) is 0 Å². The summed E-state index contributed by atoms with van der Waals surface area (Å²) in [5.41, 5.74) is 0. The van der Waals surface area contributed by atoms with Crippen molar-refractivity contribution in [2.75, 3.05) is 46.1 Å². The fourth-order valence-corrected chi connectivity index (χ4v) is 2.33. The second kappa shape index (κ2) is 6.78. The van der Waals surface area contributed by atoms with Gasteiger partial charge in [-0.1, -0.05) is 12.1 Å². The first kappa shape index (κ1) is 14.2. The number of fused-ring (bicyclic) bond motifs is 1. The van der Waals surface area contributed by atoms with Crippen LogP contribution >= 0.6 is 0 Å². The molecule has 114 valence electrons. The molecule has 0 aliphatic carbocycles. The quantitative estimate of drug-likeness (QED) is 0.762. The van der Waals surface area contributed by atoms with Crippen LogP contribution in [-0.2, 0) is 14.3 Å². The molecule has 2 aliphatic rings. The number of hydrogen-bond acceptors (Lipinski definition) is 6. The largest absolute Gasteiger partial charge is 0.485 e.